The summed E-state index contributed by atoms with van der Waals surface area (Å²) in [5, 5.41) is 11.7. The van der Waals surface area contributed by atoms with E-state index in [4.69, 9.17) is 5.84 Å². The van der Waals surface area contributed by atoms with Gasteiger partial charge in [-0.2, -0.15) is 0 Å². The number of aryl methyl sites for hydroxylation is 2. The normalized spacial score (nSPS) is 11.5. The Bertz CT molecular complexity index is 733. The Labute approximate surface area is 147 Å². The molecular formula is C17H25N5OS. The zero-order valence-electron chi connectivity index (χ0n) is 14.9. The standard InChI is InChI=1S/C17H25N5OS/c1-6-12-9-7-8-11(2)14(12)19-13(23)10-24-16-21-20-15(22(16)18)17(3,4)5/h7-9H,6,10,18H2,1-5H3,(H,19,23). The number of hydrogen-bond donors (Lipinski definition) is 2. The van der Waals surface area contributed by atoms with Crippen LogP contribution < -0.4 is 11.2 Å². The Morgan fingerprint density at radius 1 is 1.33 bits per heavy atom. The predicted octanol–water partition coefficient (Wildman–Crippen LogP) is 2.89. The van der Waals surface area contributed by atoms with Crippen LogP contribution in [0.25, 0.3) is 0 Å². The van der Waals surface area contributed by atoms with Gasteiger partial charge in [-0.15, -0.1) is 10.2 Å². The van der Waals surface area contributed by atoms with E-state index in [0.717, 1.165) is 23.2 Å². The van der Waals surface area contributed by atoms with Gasteiger partial charge in [0, 0.05) is 11.1 Å². The summed E-state index contributed by atoms with van der Waals surface area (Å²) in [6.45, 7) is 10.1. The van der Waals surface area contributed by atoms with E-state index in [2.05, 4.69) is 22.4 Å². The van der Waals surface area contributed by atoms with E-state index in [9.17, 15) is 4.79 Å². The number of benzene rings is 1. The van der Waals surface area contributed by atoms with E-state index < -0.39 is 0 Å². The molecule has 0 bridgehead atoms. The molecule has 6 nitrogen and oxygen atoms in total. The fourth-order valence-corrected chi connectivity index (χ4v) is 3.05. The minimum absolute atomic E-state index is 0.0793. The van der Waals surface area contributed by atoms with Gasteiger partial charge in [0.25, 0.3) is 0 Å². The van der Waals surface area contributed by atoms with Crippen LogP contribution in [-0.4, -0.2) is 26.5 Å². The quantitative estimate of drug-likeness (QED) is 0.641. The molecule has 0 aliphatic carbocycles. The second kappa shape index (κ2) is 7.25. The second-order valence-corrected chi connectivity index (χ2v) is 7.67. The van der Waals surface area contributed by atoms with Crippen LogP contribution in [0, 0.1) is 6.92 Å². The van der Waals surface area contributed by atoms with Crippen molar-refractivity contribution in [1.82, 2.24) is 14.9 Å². The smallest absolute Gasteiger partial charge is 0.234 e. The molecule has 3 N–H and O–H groups in total. The van der Waals surface area contributed by atoms with Crippen LogP contribution in [0.5, 0.6) is 0 Å². The van der Waals surface area contributed by atoms with Crippen molar-refractivity contribution in [1.29, 1.82) is 0 Å². The number of amides is 1. The molecule has 0 atom stereocenters. The van der Waals surface area contributed by atoms with Crippen LogP contribution in [0.2, 0.25) is 0 Å². The van der Waals surface area contributed by atoms with Crippen LogP contribution in [-0.2, 0) is 16.6 Å². The van der Waals surface area contributed by atoms with Gasteiger partial charge in [-0.05, 0) is 24.5 Å². The number of nitrogen functional groups attached to an aromatic ring is 1. The number of nitrogens with one attached hydrogen (secondary N) is 1. The van der Waals surface area contributed by atoms with Gasteiger partial charge >= 0.3 is 0 Å². The number of carbonyl (C=O) groups excluding carboxylic acids is 1. The van der Waals surface area contributed by atoms with Crippen LogP contribution in [0.1, 0.15) is 44.6 Å². The molecule has 0 radical (unpaired) electrons. The molecule has 0 aliphatic heterocycles. The largest absolute Gasteiger partial charge is 0.336 e. The minimum atomic E-state index is -0.194. The number of nitrogens with zero attached hydrogens (tertiary/aromatic N) is 3. The third-order valence-electron chi connectivity index (χ3n) is 3.67. The van der Waals surface area contributed by atoms with E-state index in [1.807, 2.05) is 45.9 Å². The number of thioether (sulfide) groups is 1. The SMILES string of the molecule is CCc1cccc(C)c1NC(=O)CSc1nnc(C(C)(C)C)n1N. The van der Waals surface area contributed by atoms with E-state index in [1.165, 1.54) is 16.4 Å². The molecule has 1 aromatic heterocycles. The monoisotopic (exact) mass is 347 g/mol. The third-order valence-corrected chi connectivity index (χ3v) is 4.62. The number of para-hydroxylation sites is 1. The fraction of sp³-hybridized carbons (Fsp3) is 0.471. The maximum atomic E-state index is 12.3. The summed E-state index contributed by atoms with van der Waals surface area (Å²) in [6, 6.07) is 6.03. The van der Waals surface area contributed by atoms with E-state index in [0.29, 0.717) is 11.0 Å². The van der Waals surface area contributed by atoms with Gasteiger partial charge in [0.15, 0.2) is 5.82 Å². The molecule has 1 amide bonds. The number of carbonyl (C=O) groups is 1. The summed E-state index contributed by atoms with van der Waals surface area (Å²) in [7, 11) is 0. The third kappa shape index (κ3) is 4.08. The Morgan fingerprint density at radius 3 is 2.62 bits per heavy atom. The van der Waals surface area contributed by atoms with Crippen LogP contribution >= 0.6 is 11.8 Å². The van der Waals surface area contributed by atoms with Crippen molar-refractivity contribution in [2.45, 2.75) is 51.6 Å². The van der Waals surface area contributed by atoms with Crippen LogP contribution in [0.4, 0.5) is 5.69 Å². The lowest BCUT2D eigenvalue weighted by Gasteiger charge is -2.16. The predicted molar refractivity (Wildman–Crippen MR) is 98.8 cm³/mol. The van der Waals surface area contributed by atoms with E-state index >= 15 is 0 Å². The van der Waals surface area contributed by atoms with Crippen molar-refractivity contribution >= 4 is 23.4 Å². The van der Waals surface area contributed by atoms with Gasteiger partial charge in [0.1, 0.15) is 0 Å². The van der Waals surface area contributed by atoms with Gasteiger partial charge in [-0.25, -0.2) is 4.68 Å². The average molecular weight is 347 g/mol. The first kappa shape index (κ1) is 18.3. The Hall–Kier alpha value is -2.02. The Morgan fingerprint density at radius 2 is 2.04 bits per heavy atom. The molecule has 2 aromatic rings. The highest BCUT2D eigenvalue weighted by atomic mass is 32.2. The van der Waals surface area contributed by atoms with Gasteiger partial charge in [-0.3, -0.25) is 4.79 Å². The number of nitrogens with two attached hydrogens (primary N) is 1. The number of rotatable bonds is 5. The lowest BCUT2D eigenvalue weighted by molar-refractivity contribution is -0.113. The molecule has 0 saturated carbocycles. The lowest BCUT2D eigenvalue weighted by Crippen LogP contribution is -2.24. The van der Waals surface area contributed by atoms with E-state index in [1.54, 1.807) is 0 Å². The highest BCUT2D eigenvalue weighted by Crippen LogP contribution is 2.24. The molecule has 130 valence electrons. The highest BCUT2D eigenvalue weighted by Gasteiger charge is 2.23. The van der Waals surface area contributed by atoms with Gasteiger partial charge in [-0.1, -0.05) is 57.7 Å². The van der Waals surface area contributed by atoms with Crippen molar-refractivity contribution in [3.63, 3.8) is 0 Å². The number of hydrogen-bond acceptors (Lipinski definition) is 5. The minimum Gasteiger partial charge on any atom is -0.336 e. The summed E-state index contributed by atoms with van der Waals surface area (Å²) in [4.78, 5) is 12.3. The van der Waals surface area contributed by atoms with Crippen molar-refractivity contribution in [2.24, 2.45) is 0 Å². The highest BCUT2D eigenvalue weighted by molar-refractivity contribution is 7.99. The van der Waals surface area contributed by atoms with Crippen LogP contribution in [0.15, 0.2) is 23.4 Å². The molecule has 0 saturated heterocycles. The maximum absolute atomic E-state index is 12.3. The molecule has 0 unspecified atom stereocenters. The molecule has 2 rings (SSSR count). The first-order valence-electron chi connectivity index (χ1n) is 7.96. The number of anilines is 1. The summed E-state index contributed by atoms with van der Waals surface area (Å²) in [5.41, 5.74) is 2.89. The summed E-state index contributed by atoms with van der Waals surface area (Å²) >= 11 is 1.28. The summed E-state index contributed by atoms with van der Waals surface area (Å²) < 4.78 is 1.46. The van der Waals surface area contributed by atoms with Gasteiger partial charge in [0.05, 0.1) is 5.75 Å². The lowest BCUT2D eigenvalue weighted by atomic mass is 9.96. The zero-order valence-corrected chi connectivity index (χ0v) is 15.7. The van der Waals surface area contributed by atoms with Crippen molar-refractivity contribution in [3.05, 3.63) is 35.2 Å². The molecule has 7 heteroatoms. The van der Waals surface area contributed by atoms with Crippen LogP contribution in [0.3, 0.4) is 0 Å². The van der Waals surface area contributed by atoms with E-state index in [-0.39, 0.29) is 17.1 Å². The first-order valence-corrected chi connectivity index (χ1v) is 8.94. The fourth-order valence-electron chi connectivity index (χ4n) is 2.39. The van der Waals surface area contributed by atoms with Crippen molar-refractivity contribution < 1.29 is 4.79 Å². The van der Waals surface area contributed by atoms with Gasteiger partial charge < -0.3 is 11.2 Å². The average Bonchev–Trinajstić information content (AvgIpc) is 2.88. The summed E-state index contributed by atoms with van der Waals surface area (Å²) in [6.07, 6.45) is 0.872. The molecule has 0 spiro atoms. The molecule has 0 aliphatic rings. The van der Waals surface area contributed by atoms with Crippen molar-refractivity contribution in [3.8, 4) is 0 Å². The topological polar surface area (TPSA) is 85.8 Å². The molecule has 1 aromatic carbocycles. The zero-order chi connectivity index (χ0) is 17.9. The Kier molecular flexibility index (Phi) is 5.54. The molecule has 0 fully saturated rings. The number of aromatic nitrogens is 3. The van der Waals surface area contributed by atoms with Gasteiger partial charge in [0.2, 0.25) is 11.1 Å². The Balaban J connectivity index is 2.04. The first-order chi connectivity index (χ1) is 11.2. The molecular weight excluding hydrogens is 322 g/mol. The maximum Gasteiger partial charge on any atom is 0.234 e. The molecule has 24 heavy (non-hydrogen) atoms. The molecule has 1 heterocycles. The summed E-state index contributed by atoms with van der Waals surface area (Å²) in [5.74, 6) is 6.88. The second-order valence-electron chi connectivity index (χ2n) is 6.73. The van der Waals surface area contributed by atoms with Crippen molar-refractivity contribution in [2.75, 3.05) is 16.9 Å².